The Hall–Kier alpha value is -1.14. The van der Waals surface area contributed by atoms with Crippen molar-refractivity contribution in [3.63, 3.8) is 0 Å². The topological polar surface area (TPSA) is 110 Å². The van der Waals surface area contributed by atoms with E-state index in [2.05, 4.69) is 0 Å². The van der Waals surface area contributed by atoms with Crippen LogP contribution in [0.2, 0.25) is 0 Å². The van der Waals surface area contributed by atoms with Gasteiger partial charge in [-0.3, -0.25) is 9.59 Å². The van der Waals surface area contributed by atoms with Crippen molar-refractivity contribution in [2.75, 3.05) is 13.1 Å². The largest absolute Gasteiger partial charge is 0.481 e. The first-order chi connectivity index (χ1) is 8.82. The molecule has 0 rings (SSSR count). The molecular formula is C13H27N3O3. The number of carboxylic acids is 1. The summed E-state index contributed by atoms with van der Waals surface area (Å²) in [4.78, 5) is 24.2. The van der Waals surface area contributed by atoms with Gasteiger partial charge in [-0.15, -0.1) is 0 Å². The average Bonchev–Trinajstić information content (AvgIpc) is 2.27. The van der Waals surface area contributed by atoms with E-state index in [1.54, 1.807) is 4.90 Å². The van der Waals surface area contributed by atoms with E-state index in [1.807, 2.05) is 13.8 Å². The molecule has 0 saturated heterocycles. The molecule has 5 N–H and O–H groups in total. The molecule has 6 nitrogen and oxygen atoms in total. The molecule has 0 fully saturated rings. The van der Waals surface area contributed by atoms with Crippen LogP contribution in [0.4, 0.5) is 0 Å². The predicted molar refractivity (Wildman–Crippen MR) is 74.6 cm³/mol. The van der Waals surface area contributed by atoms with Crippen LogP contribution in [-0.2, 0) is 9.59 Å². The third kappa shape index (κ3) is 10.5. The number of hydrogen-bond acceptors (Lipinski definition) is 4. The molecule has 0 bridgehead atoms. The van der Waals surface area contributed by atoms with Crippen LogP contribution in [0.5, 0.6) is 0 Å². The quantitative estimate of drug-likeness (QED) is 0.538. The molecule has 0 saturated carbocycles. The third-order valence-corrected chi connectivity index (χ3v) is 2.84. The third-order valence-electron chi connectivity index (χ3n) is 2.84. The van der Waals surface area contributed by atoms with Crippen LogP contribution >= 0.6 is 0 Å². The molecule has 112 valence electrons. The molecule has 0 radical (unpaired) electrons. The first-order valence-electron chi connectivity index (χ1n) is 6.83. The number of carbonyl (C=O) groups excluding carboxylic acids is 1. The minimum atomic E-state index is -0.870. The second-order valence-corrected chi connectivity index (χ2v) is 5.16. The van der Waals surface area contributed by atoms with Crippen LogP contribution in [0.25, 0.3) is 0 Å². The highest BCUT2D eigenvalue weighted by atomic mass is 16.4. The van der Waals surface area contributed by atoms with Crippen LogP contribution in [-0.4, -0.2) is 47.1 Å². The summed E-state index contributed by atoms with van der Waals surface area (Å²) in [6.07, 6.45) is 2.15. The second kappa shape index (κ2) is 9.75. The van der Waals surface area contributed by atoms with Gasteiger partial charge in [-0.2, -0.15) is 0 Å². The minimum Gasteiger partial charge on any atom is -0.481 e. The Balaban J connectivity index is 4.19. The van der Waals surface area contributed by atoms with Gasteiger partial charge in [0.15, 0.2) is 0 Å². The fraction of sp³-hybridized carbons (Fsp3) is 0.846. The second-order valence-electron chi connectivity index (χ2n) is 5.16. The van der Waals surface area contributed by atoms with Gasteiger partial charge < -0.3 is 21.5 Å². The van der Waals surface area contributed by atoms with E-state index in [4.69, 9.17) is 16.6 Å². The van der Waals surface area contributed by atoms with Gasteiger partial charge in [0, 0.05) is 38.0 Å². The van der Waals surface area contributed by atoms with Gasteiger partial charge in [0.05, 0.1) is 0 Å². The molecule has 0 heterocycles. The summed E-state index contributed by atoms with van der Waals surface area (Å²) in [5.74, 6) is -0.881. The van der Waals surface area contributed by atoms with Crippen LogP contribution in [0, 0.1) is 0 Å². The molecule has 0 aromatic heterocycles. The molecular weight excluding hydrogens is 246 g/mol. The first-order valence-corrected chi connectivity index (χ1v) is 6.83. The SMILES string of the molecule is CC(N)CCN(CCC(C)N)C(=O)CCCC(=O)O. The lowest BCUT2D eigenvalue weighted by atomic mass is 10.1. The highest BCUT2D eigenvalue weighted by molar-refractivity contribution is 5.77. The predicted octanol–water partition coefficient (Wildman–Crippen LogP) is 0.545. The Bertz CT molecular complexity index is 268. The Morgan fingerprint density at radius 3 is 1.89 bits per heavy atom. The van der Waals surface area contributed by atoms with Crippen molar-refractivity contribution in [2.45, 2.75) is 58.0 Å². The number of rotatable bonds is 10. The standard InChI is InChI=1S/C13H27N3O3/c1-10(14)6-8-16(9-7-11(2)15)12(17)4-3-5-13(18)19/h10-11H,3-9,14-15H2,1-2H3,(H,18,19). The summed E-state index contributed by atoms with van der Waals surface area (Å²) in [6.45, 7) is 5.02. The lowest BCUT2D eigenvalue weighted by molar-refractivity contribution is -0.137. The first kappa shape index (κ1) is 17.9. The number of amides is 1. The number of nitrogens with zero attached hydrogens (tertiary/aromatic N) is 1. The highest BCUT2D eigenvalue weighted by Crippen LogP contribution is 2.05. The molecule has 6 heteroatoms. The van der Waals surface area contributed by atoms with E-state index in [0.717, 1.165) is 12.8 Å². The summed E-state index contributed by atoms with van der Waals surface area (Å²) in [7, 11) is 0. The lowest BCUT2D eigenvalue weighted by Crippen LogP contribution is -2.37. The van der Waals surface area contributed by atoms with E-state index in [9.17, 15) is 9.59 Å². The van der Waals surface area contributed by atoms with Crippen molar-refractivity contribution in [1.29, 1.82) is 0 Å². The van der Waals surface area contributed by atoms with Crippen molar-refractivity contribution < 1.29 is 14.7 Å². The van der Waals surface area contributed by atoms with E-state index in [-0.39, 0.29) is 30.8 Å². The molecule has 2 unspecified atom stereocenters. The van der Waals surface area contributed by atoms with Crippen LogP contribution in [0.3, 0.4) is 0 Å². The van der Waals surface area contributed by atoms with Crippen LogP contribution in [0.15, 0.2) is 0 Å². The molecule has 0 spiro atoms. The number of aliphatic carboxylic acids is 1. The van der Waals surface area contributed by atoms with E-state index >= 15 is 0 Å². The summed E-state index contributed by atoms with van der Waals surface area (Å²) in [6, 6.07) is 0.0919. The number of carboxylic acid groups (broad SMARTS) is 1. The monoisotopic (exact) mass is 273 g/mol. The zero-order chi connectivity index (χ0) is 14.8. The Morgan fingerprint density at radius 2 is 1.53 bits per heavy atom. The maximum absolute atomic E-state index is 12.0. The van der Waals surface area contributed by atoms with Crippen molar-refractivity contribution in [1.82, 2.24) is 4.90 Å². The lowest BCUT2D eigenvalue weighted by Gasteiger charge is -2.24. The van der Waals surface area contributed by atoms with Gasteiger partial charge in [-0.1, -0.05) is 0 Å². The Labute approximate surface area is 115 Å². The smallest absolute Gasteiger partial charge is 0.303 e. The fourth-order valence-electron chi connectivity index (χ4n) is 1.63. The molecule has 0 aliphatic carbocycles. The molecule has 0 aliphatic heterocycles. The van der Waals surface area contributed by atoms with Gasteiger partial charge in [0.25, 0.3) is 0 Å². The van der Waals surface area contributed by atoms with Crippen molar-refractivity contribution in [3.8, 4) is 0 Å². The van der Waals surface area contributed by atoms with Crippen molar-refractivity contribution >= 4 is 11.9 Å². The summed E-state index contributed by atoms with van der Waals surface area (Å²) < 4.78 is 0. The summed E-state index contributed by atoms with van der Waals surface area (Å²) in [5, 5.41) is 8.56. The number of nitrogens with two attached hydrogens (primary N) is 2. The normalized spacial score (nSPS) is 13.9. The summed E-state index contributed by atoms with van der Waals surface area (Å²) in [5.41, 5.74) is 11.4. The van der Waals surface area contributed by atoms with Gasteiger partial charge in [-0.05, 0) is 33.1 Å². The Morgan fingerprint density at radius 1 is 1.05 bits per heavy atom. The van der Waals surface area contributed by atoms with E-state index < -0.39 is 5.97 Å². The van der Waals surface area contributed by atoms with E-state index in [0.29, 0.717) is 19.5 Å². The van der Waals surface area contributed by atoms with Crippen LogP contribution in [0.1, 0.15) is 46.0 Å². The maximum atomic E-state index is 12.0. The molecule has 1 amide bonds. The van der Waals surface area contributed by atoms with Gasteiger partial charge in [-0.25, -0.2) is 0 Å². The van der Waals surface area contributed by atoms with Gasteiger partial charge in [0.2, 0.25) is 5.91 Å². The number of carbonyl (C=O) groups is 2. The molecule has 2 atom stereocenters. The molecule has 0 aromatic rings. The van der Waals surface area contributed by atoms with Gasteiger partial charge >= 0.3 is 5.97 Å². The molecule has 0 aromatic carbocycles. The average molecular weight is 273 g/mol. The van der Waals surface area contributed by atoms with Gasteiger partial charge in [0.1, 0.15) is 0 Å². The Kier molecular flexibility index (Phi) is 9.16. The van der Waals surface area contributed by atoms with E-state index in [1.165, 1.54) is 0 Å². The van der Waals surface area contributed by atoms with Crippen molar-refractivity contribution in [2.24, 2.45) is 11.5 Å². The fourth-order valence-corrected chi connectivity index (χ4v) is 1.63. The van der Waals surface area contributed by atoms with Crippen molar-refractivity contribution in [3.05, 3.63) is 0 Å². The zero-order valence-electron chi connectivity index (χ0n) is 12.0. The zero-order valence-corrected chi connectivity index (χ0v) is 12.0. The molecule has 0 aliphatic rings. The molecule has 19 heavy (non-hydrogen) atoms. The minimum absolute atomic E-state index is 0.0115. The maximum Gasteiger partial charge on any atom is 0.303 e. The summed E-state index contributed by atoms with van der Waals surface area (Å²) >= 11 is 0. The van der Waals surface area contributed by atoms with Crippen LogP contribution < -0.4 is 11.5 Å². The number of hydrogen-bond donors (Lipinski definition) is 3. The highest BCUT2D eigenvalue weighted by Gasteiger charge is 2.14.